The third-order valence-electron chi connectivity index (χ3n) is 3.90. The van der Waals surface area contributed by atoms with Crippen LogP contribution in [0.25, 0.3) is 0 Å². The summed E-state index contributed by atoms with van der Waals surface area (Å²) in [5.74, 6) is -0.118. The van der Waals surface area contributed by atoms with Gasteiger partial charge in [0, 0.05) is 19.3 Å². The Kier molecular flexibility index (Phi) is 2.58. The fourth-order valence-corrected chi connectivity index (χ4v) is 2.94. The fourth-order valence-electron chi connectivity index (χ4n) is 2.94. The van der Waals surface area contributed by atoms with Crippen molar-refractivity contribution in [3.8, 4) is 0 Å². The van der Waals surface area contributed by atoms with E-state index in [0.29, 0.717) is 0 Å². The lowest BCUT2D eigenvalue weighted by Crippen LogP contribution is -2.44. The lowest BCUT2D eigenvalue weighted by Gasteiger charge is -2.31. The minimum atomic E-state index is -0.212. The van der Waals surface area contributed by atoms with E-state index in [1.165, 1.54) is 4.57 Å². The van der Waals surface area contributed by atoms with E-state index in [-0.39, 0.29) is 29.1 Å². The van der Waals surface area contributed by atoms with Gasteiger partial charge in [0.25, 0.3) is 11.5 Å². The van der Waals surface area contributed by atoms with Crippen molar-refractivity contribution >= 4 is 5.91 Å². The molecule has 2 aliphatic heterocycles. The zero-order valence-electron chi connectivity index (χ0n) is 10.4. The number of amides is 1. The summed E-state index contributed by atoms with van der Waals surface area (Å²) in [5.41, 5.74) is 0.0728. The van der Waals surface area contributed by atoms with Crippen molar-refractivity contribution in [1.82, 2.24) is 9.47 Å². The second-order valence-electron chi connectivity index (χ2n) is 5.01. The third kappa shape index (κ3) is 1.60. The summed E-state index contributed by atoms with van der Waals surface area (Å²) >= 11 is 0. The number of aryl methyl sites for hydroxylation is 1. The summed E-state index contributed by atoms with van der Waals surface area (Å²) in [4.78, 5) is 26.4. The van der Waals surface area contributed by atoms with Crippen LogP contribution in [-0.2, 0) is 7.05 Å². The number of rotatable bonds is 1. The van der Waals surface area contributed by atoms with E-state index in [1.807, 2.05) is 4.90 Å². The average molecular weight is 244 g/mol. The van der Waals surface area contributed by atoms with E-state index in [0.717, 1.165) is 19.3 Å². The Bertz CT molecular complexity index is 573. The van der Waals surface area contributed by atoms with E-state index in [1.54, 1.807) is 25.4 Å². The summed E-state index contributed by atoms with van der Waals surface area (Å²) in [5, 5.41) is 0. The molecule has 1 fully saturated rings. The number of hydrogen-bond donors (Lipinski definition) is 0. The number of fused-ring (bicyclic) bond motifs is 2. The summed E-state index contributed by atoms with van der Waals surface area (Å²) in [6, 6.07) is 3.83. The number of carbonyl (C=O) groups excluding carboxylic acids is 1. The van der Waals surface area contributed by atoms with Crippen molar-refractivity contribution in [3.63, 3.8) is 0 Å². The van der Waals surface area contributed by atoms with Gasteiger partial charge in [-0.15, -0.1) is 0 Å². The molecule has 2 aliphatic rings. The zero-order chi connectivity index (χ0) is 12.7. The maximum atomic E-state index is 12.5. The molecule has 0 saturated carbocycles. The standard InChI is InChI=1S/C14H16N2O2/c1-15-9-3-6-12(13(15)17)14(18)16-10-4-2-5-11(16)8-7-10/h2-4,6,9-11H,5,7-8H2,1H3. The molecule has 0 aromatic carbocycles. The molecule has 1 saturated heterocycles. The van der Waals surface area contributed by atoms with Gasteiger partial charge in [0.15, 0.2) is 0 Å². The predicted octanol–water partition coefficient (Wildman–Crippen LogP) is 1.32. The fraction of sp³-hybridized carbons (Fsp3) is 0.429. The van der Waals surface area contributed by atoms with Gasteiger partial charge < -0.3 is 9.47 Å². The van der Waals surface area contributed by atoms with Gasteiger partial charge in [-0.1, -0.05) is 12.2 Å². The molecule has 0 radical (unpaired) electrons. The Balaban J connectivity index is 1.99. The molecule has 0 N–H and O–H groups in total. The highest BCUT2D eigenvalue weighted by Gasteiger charge is 2.38. The molecule has 2 bridgehead atoms. The predicted molar refractivity (Wildman–Crippen MR) is 68.4 cm³/mol. The molecule has 1 amide bonds. The van der Waals surface area contributed by atoms with Crippen LogP contribution >= 0.6 is 0 Å². The van der Waals surface area contributed by atoms with Crippen LogP contribution < -0.4 is 5.56 Å². The molecule has 3 rings (SSSR count). The van der Waals surface area contributed by atoms with Gasteiger partial charge in [0.05, 0.1) is 6.04 Å². The Labute approximate surface area is 106 Å². The van der Waals surface area contributed by atoms with E-state index >= 15 is 0 Å². The summed E-state index contributed by atoms with van der Waals surface area (Å²) in [6.07, 6.45) is 8.87. The van der Waals surface area contributed by atoms with Crippen LogP contribution in [0.3, 0.4) is 0 Å². The molecule has 2 atom stereocenters. The van der Waals surface area contributed by atoms with Crippen LogP contribution in [0.4, 0.5) is 0 Å². The molecule has 2 unspecified atom stereocenters. The zero-order valence-corrected chi connectivity index (χ0v) is 10.4. The minimum Gasteiger partial charge on any atom is -0.329 e. The van der Waals surface area contributed by atoms with Gasteiger partial charge in [-0.2, -0.15) is 0 Å². The van der Waals surface area contributed by atoms with Crippen molar-refractivity contribution in [2.75, 3.05) is 0 Å². The van der Waals surface area contributed by atoms with Gasteiger partial charge in [0.2, 0.25) is 0 Å². The lowest BCUT2D eigenvalue weighted by molar-refractivity contribution is 0.0686. The maximum absolute atomic E-state index is 12.5. The smallest absolute Gasteiger partial charge is 0.263 e. The molecule has 0 aliphatic carbocycles. The number of aromatic nitrogens is 1. The second-order valence-corrected chi connectivity index (χ2v) is 5.01. The Morgan fingerprint density at radius 3 is 3.00 bits per heavy atom. The lowest BCUT2D eigenvalue weighted by atomic mass is 10.1. The Morgan fingerprint density at radius 2 is 2.22 bits per heavy atom. The summed E-state index contributed by atoms with van der Waals surface area (Å²) in [7, 11) is 1.67. The molecule has 94 valence electrons. The van der Waals surface area contributed by atoms with Crippen molar-refractivity contribution < 1.29 is 4.79 Å². The monoisotopic (exact) mass is 244 g/mol. The quantitative estimate of drug-likeness (QED) is 0.699. The molecular weight excluding hydrogens is 228 g/mol. The van der Waals surface area contributed by atoms with Gasteiger partial charge >= 0.3 is 0 Å². The van der Waals surface area contributed by atoms with Crippen molar-refractivity contribution in [2.24, 2.45) is 7.05 Å². The number of hydrogen-bond acceptors (Lipinski definition) is 2. The number of nitrogens with zero attached hydrogens (tertiary/aromatic N) is 2. The first kappa shape index (κ1) is 11.3. The van der Waals surface area contributed by atoms with E-state index in [9.17, 15) is 9.59 Å². The first-order valence-electron chi connectivity index (χ1n) is 6.33. The van der Waals surface area contributed by atoms with E-state index in [4.69, 9.17) is 0 Å². The van der Waals surface area contributed by atoms with E-state index < -0.39 is 0 Å². The third-order valence-corrected chi connectivity index (χ3v) is 3.90. The van der Waals surface area contributed by atoms with Crippen LogP contribution in [0.1, 0.15) is 29.6 Å². The van der Waals surface area contributed by atoms with Gasteiger partial charge in [-0.3, -0.25) is 9.59 Å². The number of carbonyl (C=O) groups is 1. The topological polar surface area (TPSA) is 42.3 Å². The first-order chi connectivity index (χ1) is 8.68. The average Bonchev–Trinajstić information content (AvgIpc) is 2.62. The van der Waals surface area contributed by atoms with Crippen molar-refractivity contribution in [3.05, 3.63) is 46.4 Å². The second kappa shape index (κ2) is 4.12. The highest BCUT2D eigenvalue weighted by atomic mass is 16.2. The summed E-state index contributed by atoms with van der Waals surface area (Å²) in [6.45, 7) is 0. The molecule has 1 aromatic rings. The van der Waals surface area contributed by atoms with Gasteiger partial charge in [-0.05, 0) is 31.4 Å². The van der Waals surface area contributed by atoms with Crippen LogP contribution in [0, 0.1) is 0 Å². The normalized spacial score (nSPS) is 25.5. The molecule has 0 spiro atoms. The Hall–Kier alpha value is -1.84. The number of pyridine rings is 1. The van der Waals surface area contributed by atoms with Crippen LogP contribution in [0.2, 0.25) is 0 Å². The summed E-state index contributed by atoms with van der Waals surface area (Å²) < 4.78 is 1.45. The molecule has 3 heterocycles. The largest absolute Gasteiger partial charge is 0.329 e. The highest BCUT2D eigenvalue weighted by Crippen LogP contribution is 2.32. The first-order valence-corrected chi connectivity index (χ1v) is 6.33. The van der Waals surface area contributed by atoms with Crippen LogP contribution in [0.5, 0.6) is 0 Å². The highest BCUT2D eigenvalue weighted by molar-refractivity contribution is 5.94. The van der Waals surface area contributed by atoms with Gasteiger partial charge in [-0.25, -0.2) is 0 Å². The van der Waals surface area contributed by atoms with Crippen LogP contribution in [0.15, 0.2) is 35.3 Å². The molecule has 4 heteroatoms. The molecular formula is C14H16N2O2. The molecule has 1 aromatic heterocycles. The van der Waals surface area contributed by atoms with Crippen LogP contribution in [-0.4, -0.2) is 27.5 Å². The Morgan fingerprint density at radius 1 is 1.39 bits per heavy atom. The minimum absolute atomic E-state index is 0.118. The SMILES string of the molecule is Cn1cccc(C(=O)N2C3C=CCC2CC3)c1=O. The van der Waals surface area contributed by atoms with E-state index in [2.05, 4.69) is 12.2 Å². The van der Waals surface area contributed by atoms with Gasteiger partial charge in [0.1, 0.15) is 5.56 Å². The van der Waals surface area contributed by atoms with Crippen molar-refractivity contribution in [1.29, 1.82) is 0 Å². The molecule has 4 nitrogen and oxygen atoms in total. The van der Waals surface area contributed by atoms with Crippen molar-refractivity contribution in [2.45, 2.75) is 31.3 Å². The maximum Gasteiger partial charge on any atom is 0.263 e. The molecule has 18 heavy (non-hydrogen) atoms.